The Morgan fingerprint density at radius 1 is 1.16 bits per heavy atom. The van der Waals surface area contributed by atoms with Crippen LogP contribution in [0.1, 0.15) is 29.5 Å². The van der Waals surface area contributed by atoms with Gasteiger partial charge in [-0.05, 0) is 47.9 Å². The molecule has 2 aliphatic rings. The molecule has 4 heteroatoms. The predicted octanol–water partition coefficient (Wildman–Crippen LogP) is 3.97. The molecule has 1 heterocycles. The van der Waals surface area contributed by atoms with Crippen molar-refractivity contribution in [2.45, 2.75) is 37.3 Å². The van der Waals surface area contributed by atoms with Gasteiger partial charge < -0.3 is 10.7 Å². The topological polar surface area (TPSA) is 58.9 Å². The Balaban J connectivity index is 1.77. The molecule has 0 radical (unpaired) electrons. The molecule has 0 aliphatic heterocycles. The highest BCUT2D eigenvalue weighted by molar-refractivity contribution is 7.99. The van der Waals surface area contributed by atoms with Crippen molar-refractivity contribution in [1.29, 1.82) is 0 Å². The smallest absolute Gasteiger partial charge is 0.253 e. The van der Waals surface area contributed by atoms with E-state index in [0.29, 0.717) is 5.56 Å². The van der Waals surface area contributed by atoms with E-state index in [1.165, 1.54) is 22.3 Å². The van der Waals surface area contributed by atoms with E-state index in [0.717, 1.165) is 42.0 Å². The van der Waals surface area contributed by atoms with Gasteiger partial charge in [-0.25, -0.2) is 0 Å². The lowest BCUT2D eigenvalue weighted by Crippen LogP contribution is -2.22. The van der Waals surface area contributed by atoms with Crippen LogP contribution in [0.5, 0.6) is 0 Å². The molecule has 0 bridgehead atoms. The van der Waals surface area contributed by atoms with Crippen LogP contribution < -0.4 is 11.3 Å². The van der Waals surface area contributed by atoms with Crippen LogP contribution in [-0.4, -0.2) is 10.7 Å². The van der Waals surface area contributed by atoms with Crippen molar-refractivity contribution in [3.05, 3.63) is 75.1 Å². The van der Waals surface area contributed by atoms with Crippen LogP contribution in [0.15, 0.2) is 57.9 Å². The third-order valence-electron chi connectivity index (χ3n) is 5.02. The van der Waals surface area contributed by atoms with Gasteiger partial charge >= 0.3 is 0 Å². The van der Waals surface area contributed by atoms with Crippen LogP contribution in [0.2, 0.25) is 0 Å². The van der Waals surface area contributed by atoms with Crippen molar-refractivity contribution < 1.29 is 0 Å². The van der Waals surface area contributed by atoms with Crippen LogP contribution in [0.4, 0.5) is 0 Å². The van der Waals surface area contributed by atoms with Crippen LogP contribution in [0.25, 0.3) is 11.1 Å². The fourth-order valence-corrected chi connectivity index (χ4v) is 4.84. The van der Waals surface area contributed by atoms with Crippen molar-refractivity contribution in [3.63, 3.8) is 0 Å². The molecule has 2 aliphatic carbocycles. The first kappa shape index (κ1) is 16.4. The molecule has 2 aromatic rings. The number of nitrogens with two attached hydrogens (primary N) is 1. The Kier molecular flexibility index (Phi) is 4.64. The molecule has 0 unspecified atom stereocenters. The Hall–Kier alpha value is -2.04. The van der Waals surface area contributed by atoms with Crippen LogP contribution in [-0.2, 0) is 19.4 Å². The number of H-pyrrole nitrogens is 1. The molecule has 3 nitrogen and oxygen atoms in total. The summed E-state index contributed by atoms with van der Waals surface area (Å²) in [6.45, 7) is 0.271. The highest BCUT2D eigenvalue weighted by Crippen LogP contribution is 2.39. The van der Waals surface area contributed by atoms with E-state index in [4.69, 9.17) is 5.73 Å². The first-order chi connectivity index (χ1) is 12.3. The highest BCUT2D eigenvalue weighted by atomic mass is 32.2. The fraction of sp³-hybridized carbons (Fsp3) is 0.286. The van der Waals surface area contributed by atoms with Gasteiger partial charge in [-0.3, -0.25) is 4.79 Å². The minimum atomic E-state index is -0.0435. The summed E-state index contributed by atoms with van der Waals surface area (Å²) in [6.07, 6.45) is 10.7. The van der Waals surface area contributed by atoms with E-state index in [1.54, 1.807) is 11.8 Å². The van der Waals surface area contributed by atoms with Gasteiger partial charge in [0.15, 0.2) is 0 Å². The molecule has 1 aromatic heterocycles. The van der Waals surface area contributed by atoms with Gasteiger partial charge in [-0.2, -0.15) is 0 Å². The summed E-state index contributed by atoms with van der Waals surface area (Å²) in [4.78, 5) is 15.7. The minimum absolute atomic E-state index is 0.0435. The predicted molar refractivity (Wildman–Crippen MR) is 105 cm³/mol. The van der Waals surface area contributed by atoms with Gasteiger partial charge in [-0.15, -0.1) is 11.8 Å². The summed E-state index contributed by atoms with van der Waals surface area (Å²) in [5.41, 5.74) is 12.9. The second-order valence-corrected chi connectivity index (χ2v) is 7.54. The molecule has 128 valence electrons. The number of aromatic nitrogens is 1. The minimum Gasteiger partial charge on any atom is -0.326 e. The maximum atomic E-state index is 12.6. The van der Waals surface area contributed by atoms with Crippen molar-refractivity contribution in [3.8, 4) is 11.1 Å². The van der Waals surface area contributed by atoms with Gasteiger partial charge in [0.2, 0.25) is 0 Å². The standard InChI is InChI=1S/C21H22N2OS/c22-12-18-19-16-9-5-4-8-15(16)10-11-17(19)21(23-20(18)24)25-13-14-6-2-1-3-7-14/h1-2,4-6,8-9H,3,7,10-13,22H2,(H,23,24). The Morgan fingerprint density at radius 2 is 2.04 bits per heavy atom. The molecule has 0 atom stereocenters. The van der Waals surface area contributed by atoms with Gasteiger partial charge in [0, 0.05) is 17.9 Å². The van der Waals surface area contributed by atoms with Crippen LogP contribution >= 0.6 is 11.8 Å². The third kappa shape index (κ3) is 3.12. The zero-order valence-corrected chi connectivity index (χ0v) is 15.0. The first-order valence-electron chi connectivity index (χ1n) is 8.81. The molecule has 0 amide bonds. The maximum Gasteiger partial charge on any atom is 0.253 e. The zero-order valence-electron chi connectivity index (χ0n) is 14.2. The number of thioether (sulfide) groups is 1. The molecule has 0 spiro atoms. The third-order valence-corrected chi connectivity index (χ3v) is 6.17. The summed E-state index contributed by atoms with van der Waals surface area (Å²) in [7, 11) is 0. The SMILES string of the molecule is NCc1c2c(c(SCC3=CC=CCC3)[nH]c1=O)CCc1ccccc1-2. The number of aromatic amines is 1. The second-order valence-electron chi connectivity index (χ2n) is 6.56. The van der Waals surface area contributed by atoms with Crippen LogP contribution in [0.3, 0.4) is 0 Å². The number of aryl methyl sites for hydroxylation is 1. The number of hydrogen-bond acceptors (Lipinski definition) is 3. The average Bonchev–Trinajstić information content (AvgIpc) is 2.66. The van der Waals surface area contributed by atoms with E-state index in [9.17, 15) is 4.79 Å². The van der Waals surface area contributed by atoms with E-state index in [-0.39, 0.29) is 12.1 Å². The number of benzene rings is 1. The van der Waals surface area contributed by atoms with Gasteiger partial charge in [-0.1, -0.05) is 48.1 Å². The lowest BCUT2D eigenvalue weighted by atomic mass is 9.84. The molecule has 0 saturated heterocycles. The second kappa shape index (κ2) is 7.06. The van der Waals surface area contributed by atoms with E-state index in [1.807, 2.05) is 6.07 Å². The molecule has 25 heavy (non-hydrogen) atoms. The number of rotatable bonds is 4. The Bertz CT molecular complexity index is 924. The number of nitrogens with one attached hydrogen (secondary N) is 1. The largest absolute Gasteiger partial charge is 0.326 e. The molecular weight excluding hydrogens is 328 g/mol. The molecule has 0 fully saturated rings. The van der Waals surface area contributed by atoms with Gasteiger partial charge in [0.05, 0.1) is 5.03 Å². The molecule has 1 aromatic carbocycles. The highest BCUT2D eigenvalue weighted by Gasteiger charge is 2.24. The zero-order chi connectivity index (χ0) is 17.2. The summed E-state index contributed by atoms with van der Waals surface area (Å²) >= 11 is 1.75. The number of fused-ring (bicyclic) bond motifs is 3. The van der Waals surface area contributed by atoms with E-state index < -0.39 is 0 Å². The monoisotopic (exact) mass is 350 g/mol. The van der Waals surface area contributed by atoms with Gasteiger partial charge in [0.1, 0.15) is 0 Å². The van der Waals surface area contributed by atoms with Crippen molar-refractivity contribution in [2.75, 3.05) is 5.75 Å². The summed E-state index contributed by atoms with van der Waals surface area (Å²) in [5.74, 6) is 0.927. The van der Waals surface area contributed by atoms with Crippen molar-refractivity contribution in [2.24, 2.45) is 5.73 Å². The number of allylic oxidation sites excluding steroid dienone is 3. The first-order valence-corrected chi connectivity index (χ1v) is 9.80. The number of hydrogen-bond donors (Lipinski definition) is 2. The fourth-order valence-electron chi connectivity index (χ4n) is 3.72. The van der Waals surface area contributed by atoms with Crippen LogP contribution in [0, 0.1) is 0 Å². The average molecular weight is 350 g/mol. The quantitative estimate of drug-likeness (QED) is 0.821. The normalized spacial score (nSPS) is 15.5. The summed E-state index contributed by atoms with van der Waals surface area (Å²) < 4.78 is 0. The lowest BCUT2D eigenvalue weighted by molar-refractivity contribution is 0.855. The maximum absolute atomic E-state index is 12.6. The molecular formula is C21H22N2OS. The lowest BCUT2D eigenvalue weighted by Gasteiger charge is -2.24. The summed E-state index contributed by atoms with van der Waals surface area (Å²) in [5, 5.41) is 1.02. The summed E-state index contributed by atoms with van der Waals surface area (Å²) in [6, 6.07) is 8.39. The molecule has 3 N–H and O–H groups in total. The van der Waals surface area contributed by atoms with Crippen molar-refractivity contribution >= 4 is 11.8 Å². The Labute approximate surface area is 152 Å². The van der Waals surface area contributed by atoms with E-state index >= 15 is 0 Å². The van der Waals surface area contributed by atoms with Crippen molar-refractivity contribution in [1.82, 2.24) is 4.98 Å². The number of pyridine rings is 1. The van der Waals surface area contributed by atoms with E-state index in [2.05, 4.69) is 41.4 Å². The van der Waals surface area contributed by atoms with Gasteiger partial charge in [0.25, 0.3) is 5.56 Å². The molecule has 0 saturated carbocycles. The Morgan fingerprint density at radius 3 is 2.84 bits per heavy atom. The molecule has 4 rings (SSSR count).